The van der Waals surface area contributed by atoms with Crippen molar-refractivity contribution in [3.8, 4) is 0 Å². The Morgan fingerprint density at radius 1 is 1.32 bits per heavy atom. The lowest BCUT2D eigenvalue weighted by Crippen LogP contribution is -2.42. The van der Waals surface area contributed by atoms with Crippen LogP contribution in [0, 0.1) is 10.1 Å². The molecule has 0 bridgehead atoms. The van der Waals surface area contributed by atoms with Crippen LogP contribution < -0.4 is 21.5 Å². The average Bonchev–Trinajstić information content (AvgIpc) is 2.60. The first-order valence-corrected chi connectivity index (χ1v) is 7.86. The number of hydrogen-bond acceptors (Lipinski definition) is 7. The first kappa shape index (κ1) is 16.7. The molecule has 0 atom stereocenters. The highest BCUT2D eigenvalue weighted by molar-refractivity contribution is 5.42. The number of aromatic nitrogens is 3. The Labute approximate surface area is 142 Å². The number of nitrogens with zero attached hydrogens (tertiary/aromatic N) is 4. The summed E-state index contributed by atoms with van der Waals surface area (Å²) in [4.78, 5) is 42.3. The topological polar surface area (TPSA) is 126 Å². The molecule has 132 valence electrons. The maximum absolute atomic E-state index is 11.7. The number of pyridine rings is 1. The third-order valence-corrected chi connectivity index (χ3v) is 4.28. The Morgan fingerprint density at radius 3 is 2.60 bits per heavy atom. The van der Waals surface area contributed by atoms with E-state index in [0.29, 0.717) is 24.7 Å². The standard InChI is InChI=1S/C15H18N6O4/c1-19-14(22)8-13(18-15(19)23)20-6-4-10(5-7-20)17-12-3-2-11(9-16-12)21(24)25/h2-3,8-10H,4-7H2,1H3,(H,16,17)(H,18,23). The number of H-pyrrole nitrogens is 1. The molecule has 25 heavy (non-hydrogen) atoms. The van der Waals surface area contributed by atoms with E-state index in [2.05, 4.69) is 15.3 Å². The number of rotatable bonds is 4. The Hall–Kier alpha value is -3.17. The zero-order valence-electron chi connectivity index (χ0n) is 13.6. The summed E-state index contributed by atoms with van der Waals surface area (Å²) in [5.74, 6) is 1.12. The quantitative estimate of drug-likeness (QED) is 0.608. The highest BCUT2D eigenvalue weighted by Gasteiger charge is 2.21. The maximum atomic E-state index is 11.7. The van der Waals surface area contributed by atoms with Crippen LogP contribution >= 0.6 is 0 Å². The first-order chi connectivity index (χ1) is 11.9. The van der Waals surface area contributed by atoms with Crippen LogP contribution in [0.5, 0.6) is 0 Å². The normalized spacial score (nSPS) is 15.2. The third kappa shape index (κ3) is 3.67. The van der Waals surface area contributed by atoms with E-state index >= 15 is 0 Å². The maximum Gasteiger partial charge on any atom is 0.329 e. The SMILES string of the molecule is Cn1c(=O)cc(N2CCC(Nc3ccc([N+](=O)[O-])cn3)CC2)[nH]c1=O. The smallest absolute Gasteiger partial charge is 0.329 e. The fraction of sp³-hybridized carbons (Fsp3) is 0.400. The highest BCUT2D eigenvalue weighted by atomic mass is 16.6. The number of anilines is 2. The van der Waals surface area contributed by atoms with Crippen LogP contribution in [0.2, 0.25) is 0 Å². The molecule has 3 rings (SSSR count). The van der Waals surface area contributed by atoms with Crippen molar-refractivity contribution >= 4 is 17.3 Å². The minimum Gasteiger partial charge on any atom is -0.367 e. The van der Waals surface area contributed by atoms with Crippen LogP contribution in [0.15, 0.2) is 34.0 Å². The van der Waals surface area contributed by atoms with E-state index in [1.165, 1.54) is 25.4 Å². The van der Waals surface area contributed by atoms with Crippen LogP contribution in [0.1, 0.15) is 12.8 Å². The van der Waals surface area contributed by atoms with E-state index in [1.54, 1.807) is 6.07 Å². The van der Waals surface area contributed by atoms with E-state index in [4.69, 9.17) is 0 Å². The van der Waals surface area contributed by atoms with Crippen LogP contribution in [0.25, 0.3) is 0 Å². The molecule has 1 saturated heterocycles. The number of hydrogen-bond donors (Lipinski definition) is 2. The molecule has 0 unspecified atom stereocenters. The summed E-state index contributed by atoms with van der Waals surface area (Å²) in [7, 11) is 1.43. The van der Waals surface area contributed by atoms with Gasteiger partial charge in [-0.2, -0.15) is 0 Å². The lowest BCUT2D eigenvalue weighted by Gasteiger charge is -2.33. The predicted molar refractivity (Wildman–Crippen MR) is 92.1 cm³/mol. The van der Waals surface area contributed by atoms with Gasteiger partial charge in [0.25, 0.3) is 11.2 Å². The molecule has 2 aromatic rings. The van der Waals surface area contributed by atoms with Gasteiger partial charge in [0.15, 0.2) is 0 Å². The minimum atomic E-state index is -0.486. The molecule has 10 heteroatoms. The van der Waals surface area contributed by atoms with Crippen LogP contribution in [0.4, 0.5) is 17.3 Å². The van der Waals surface area contributed by atoms with Crippen molar-refractivity contribution in [2.24, 2.45) is 7.05 Å². The molecule has 3 heterocycles. The Bertz CT molecular complexity index is 849. The van der Waals surface area contributed by atoms with Crippen molar-refractivity contribution in [2.75, 3.05) is 23.3 Å². The van der Waals surface area contributed by atoms with Gasteiger partial charge in [-0.05, 0) is 18.9 Å². The number of piperidine rings is 1. The van der Waals surface area contributed by atoms with Gasteiger partial charge in [0.1, 0.15) is 17.8 Å². The van der Waals surface area contributed by atoms with Crippen LogP contribution in [-0.2, 0) is 7.05 Å². The Kier molecular flexibility index (Phi) is 4.50. The molecule has 0 aliphatic carbocycles. The molecule has 0 spiro atoms. The van der Waals surface area contributed by atoms with Gasteiger partial charge in [0, 0.05) is 38.3 Å². The fourth-order valence-electron chi connectivity index (χ4n) is 2.77. The summed E-state index contributed by atoms with van der Waals surface area (Å²) in [6, 6.07) is 4.59. The second-order valence-electron chi connectivity index (χ2n) is 5.92. The molecule has 0 saturated carbocycles. The van der Waals surface area contributed by atoms with Crippen molar-refractivity contribution in [3.63, 3.8) is 0 Å². The molecular weight excluding hydrogens is 328 g/mol. The van der Waals surface area contributed by atoms with Gasteiger partial charge >= 0.3 is 5.69 Å². The zero-order chi connectivity index (χ0) is 18.0. The predicted octanol–water partition coefficient (Wildman–Crippen LogP) is 0.458. The molecule has 2 aromatic heterocycles. The van der Waals surface area contributed by atoms with Crippen molar-refractivity contribution in [3.05, 3.63) is 55.3 Å². The van der Waals surface area contributed by atoms with E-state index in [1.807, 2.05) is 4.90 Å². The first-order valence-electron chi connectivity index (χ1n) is 7.86. The fourth-order valence-corrected chi connectivity index (χ4v) is 2.77. The highest BCUT2D eigenvalue weighted by Crippen LogP contribution is 2.19. The molecule has 1 aliphatic heterocycles. The monoisotopic (exact) mass is 346 g/mol. The van der Waals surface area contributed by atoms with Gasteiger partial charge in [0.05, 0.1) is 4.92 Å². The molecule has 0 radical (unpaired) electrons. The molecule has 1 fully saturated rings. The van der Waals surface area contributed by atoms with E-state index in [9.17, 15) is 19.7 Å². The van der Waals surface area contributed by atoms with E-state index in [0.717, 1.165) is 17.4 Å². The lowest BCUT2D eigenvalue weighted by atomic mass is 10.1. The van der Waals surface area contributed by atoms with Gasteiger partial charge in [-0.15, -0.1) is 0 Å². The Balaban J connectivity index is 1.61. The van der Waals surface area contributed by atoms with Gasteiger partial charge in [0.2, 0.25) is 0 Å². The van der Waals surface area contributed by atoms with Gasteiger partial charge in [-0.25, -0.2) is 9.78 Å². The van der Waals surface area contributed by atoms with Gasteiger partial charge in [-0.3, -0.25) is 24.5 Å². The van der Waals surface area contributed by atoms with E-state index in [-0.39, 0.29) is 17.3 Å². The molecule has 10 nitrogen and oxygen atoms in total. The Morgan fingerprint density at radius 2 is 2.04 bits per heavy atom. The second kappa shape index (κ2) is 6.75. The summed E-state index contributed by atoms with van der Waals surface area (Å²) >= 11 is 0. The summed E-state index contributed by atoms with van der Waals surface area (Å²) in [6.07, 6.45) is 2.80. The zero-order valence-corrected chi connectivity index (χ0v) is 13.6. The summed E-state index contributed by atoms with van der Waals surface area (Å²) in [5.41, 5.74) is -0.818. The van der Waals surface area contributed by atoms with Crippen molar-refractivity contribution in [1.82, 2.24) is 14.5 Å². The van der Waals surface area contributed by atoms with Gasteiger partial charge in [-0.1, -0.05) is 0 Å². The molecule has 2 N–H and O–H groups in total. The summed E-state index contributed by atoms with van der Waals surface area (Å²) < 4.78 is 1.03. The molecule has 0 aromatic carbocycles. The van der Waals surface area contributed by atoms with Crippen molar-refractivity contribution in [1.29, 1.82) is 0 Å². The number of aromatic amines is 1. The molecular formula is C15H18N6O4. The number of nitrogens with one attached hydrogen (secondary N) is 2. The third-order valence-electron chi connectivity index (χ3n) is 4.28. The van der Waals surface area contributed by atoms with Crippen LogP contribution in [-0.4, -0.2) is 38.6 Å². The van der Waals surface area contributed by atoms with Crippen LogP contribution in [0.3, 0.4) is 0 Å². The van der Waals surface area contributed by atoms with Crippen molar-refractivity contribution < 1.29 is 4.92 Å². The largest absolute Gasteiger partial charge is 0.367 e. The van der Waals surface area contributed by atoms with Crippen molar-refractivity contribution in [2.45, 2.75) is 18.9 Å². The minimum absolute atomic E-state index is 0.0463. The van der Waals surface area contributed by atoms with E-state index < -0.39 is 10.6 Å². The average molecular weight is 346 g/mol. The summed E-state index contributed by atoms with van der Waals surface area (Å²) in [5, 5.41) is 13.9. The van der Waals surface area contributed by atoms with Gasteiger partial charge < -0.3 is 10.2 Å². The molecule has 0 amide bonds. The number of nitro groups is 1. The molecule has 1 aliphatic rings. The lowest BCUT2D eigenvalue weighted by molar-refractivity contribution is -0.385. The second-order valence-corrected chi connectivity index (χ2v) is 5.92. The summed E-state index contributed by atoms with van der Waals surface area (Å²) in [6.45, 7) is 1.35.